The first-order chi connectivity index (χ1) is 13.7. The number of hydrogen-bond acceptors (Lipinski definition) is 7. The van der Waals surface area contributed by atoms with Gasteiger partial charge in [0.1, 0.15) is 6.26 Å². The molecule has 1 aliphatic carbocycles. The highest BCUT2D eigenvalue weighted by atomic mass is 16.5. The molecule has 0 radical (unpaired) electrons. The molecule has 0 aromatic carbocycles. The van der Waals surface area contributed by atoms with Gasteiger partial charge in [-0.15, -0.1) is 5.10 Å². The fraction of sp³-hybridized carbons (Fsp3) is 0.611. The van der Waals surface area contributed by atoms with E-state index in [-0.39, 0.29) is 35.6 Å². The molecule has 1 saturated carbocycles. The fourth-order valence-electron chi connectivity index (χ4n) is 3.35. The lowest BCUT2D eigenvalue weighted by Gasteiger charge is -2.35. The average molecular weight is 390 g/mol. The number of rotatable bonds is 9. The zero-order valence-electron chi connectivity index (χ0n) is 15.9. The Kier molecular flexibility index (Phi) is 7.12. The van der Waals surface area contributed by atoms with Gasteiger partial charge < -0.3 is 19.9 Å². The molecule has 2 N–H and O–H groups in total. The summed E-state index contributed by atoms with van der Waals surface area (Å²) in [6.45, 7) is 3.68. The van der Waals surface area contributed by atoms with Gasteiger partial charge in [-0.3, -0.25) is 14.3 Å². The van der Waals surface area contributed by atoms with Crippen molar-refractivity contribution in [2.75, 3.05) is 13.2 Å². The maximum Gasteiger partial charge on any atom is 0.273 e. The number of ether oxygens (including phenoxy) is 1. The van der Waals surface area contributed by atoms with Crippen molar-refractivity contribution in [2.45, 2.75) is 51.3 Å². The van der Waals surface area contributed by atoms with Crippen LogP contribution in [0.3, 0.4) is 0 Å². The molecule has 0 bridgehead atoms. The minimum atomic E-state index is -0.292. The third-order valence-corrected chi connectivity index (χ3v) is 4.80. The Labute approximate surface area is 163 Å². The molecule has 0 spiro atoms. The van der Waals surface area contributed by atoms with Gasteiger partial charge >= 0.3 is 0 Å². The lowest BCUT2D eigenvalue weighted by molar-refractivity contribution is -0.128. The van der Waals surface area contributed by atoms with Crippen molar-refractivity contribution in [1.82, 2.24) is 30.8 Å². The van der Waals surface area contributed by atoms with Crippen molar-refractivity contribution in [3.8, 4) is 0 Å². The van der Waals surface area contributed by atoms with Gasteiger partial charge in [0.25, 0.3) is 5.91 Å². The Hall–Kier alpha value is -2.75. The van der Waals surface area contributed by atoms with E-state index in [4.69, 9.17) is 9.26 Å². The largest absolute Gasteiger partial charge is 0.376 e. The molecule has 1 fully saturated rings. The summed E-state index contributed by atoms with van der Waals surface area (Å²) in [4.78, 5) is 24.8. The number of carbonyl (C=O) groups excluding carboxylic acids is 2. The fourth-order valence-corrected chi connectivity index (χ4v) is 3.35. The third-order valence-electron chi connectivity index (χ3n) is 4.80. The maximum atomic E-state index is 12.5. The summed E-state index contributed by atoms with van der Waals surface area (Å²) in [5.41, 5.74) is 0.238. The number of nitrogens with zero attached hydrogens (tertiary/aromatic N) is 4. The Morgan fingerprint density at radius 1 is 1.39 bits per heavy atom. The molecule has 2 aromatic heterocycles. The van der Waals surface area contributed by atoms with Crippen molar-refractivity contribution in [3.63, 3.8) is 0 Å². The standard InChI is InChI=1S/C18H26N6O4/c1-2-10-27-16-12-13(17(25)19-6-8-24-9-7-20-23-24)3-4-14(16)21-18(26)15-5-11-28-22-15/h5,7,9,11,13-14,16H,2-4,6,8,10,12H2,1H3,(H,19,25)(H,21,26)/t13-,14-,16-/m0/s1. The number of amides is 2. The first-order valence-electron chi connectivity index (χ1n) is 9.62. The molecule has 0 saturated heterocycles. The molecule has 3 atom stereocenters. The molecule has 10 nitrogen and oxygen atoms in total. The van der Waals surface area contributed by atoms with Crippen molar-refractivity contribution < 1.29 is 18.8 Å². The predicted molar refractivity (Wildman–Crippen MR) is 98.2 cm³/mol. The Balaban J connectivity index is 1.51. The van der Waals surface area contributed by atoms with Crippen molar-refractivity contribution >= 4 is 11.8 Å². The summed E-state index contributed by atoms with van der Waals surface area (Å²) < 4.78 is 12.3. The smallest absolute Gasteiger partial charge is 0.273 e. The number of hydrogen-bond donors (Lipinski definition) is 2. The minimum absolute atomic E-state index is 0.00601. The van der Waals surface area contributed by atoms with E-state index in [9.17, 15) is 9.59 Å². The Morgan fingerprint density at radius 2 is 2.29 bits per heavy atom. The van der Waals surface area contributed by atoms with Gasteiger partial charge in [0.2, 0.25) is 5.91 Å². The van der Waals surface area contributed by atoms with Crippen molar-refractivity contribution in [3.05, 3.63) is 30.4 Å². The van der Waals surface area contributed by atoms with E-state index in [1.807, 2.05) is 6.92 Å². The van der Waals surface area contributed by atoms with E-state index in [1.54, 1.807) is 17.1 Å². The van der Waals surface area contributed by atoms with Gasteiger partial charge in [-0.1, -0.05) is 17.3 Å². The molecular weight excluding hydrogens is 364 g/mol. The second-order valence-electron chi connectivity index (χ2n) is 6.84. The number of nitrogens with one attached hydrogen (secondary N) is 2. The summed E-state index contributed by atoms with van der Waals surface area (Å²) in [6, 6.07) is 1.36. The second-order valence-corrected chi connectivity index (χ2v) is 6.84. The van der Waals surface area contributed by atoms with Crippen LogP contribution in [-0.4, -0.2) is 57.3 Å². The second kappa shape index (κ2) is 9.98. The van der Waals surface area contributed by atoms with Crippen LogP contribution in [0, 0.1) is 5.92 Å². The minimum Gasteiger partial charge on any atom is -0.376 e. The topological polar surface area (TPSA) is 124 Å². The zero-order chi connectivity index (χ0) is 19.8. The number of aromatic nitrogens is 4. The first-order valence-corrected chi connectivity index (χ1v) is 9.62. The molecule has 0 aliphatic heterocycles. The van der Waals surface area contributed by atoms with Crippen LogP contribution in [0.5, 0.6) is 0 Å². The average Bonchev–Trinajstić information content (AvgIpc) is 3.41. The summed E-state index contributed by atoms with van der Waals surface area (Å²) in [5.74, 6) is -0.427. The van der Waals surface area contributed by atoms with E-state index in [0.717, 1.165) is 6.42 Å². The van der Waals surface area contributed by atoms with E-state index < -0.39 is 0 Å². The molecule has 152 valence electrons. The lowest BCUT2D eigenvalue weighted by Crippen LogP contribution is -2.50. The van der Waals surface area contributed by atoms with Gasteiger partial charge in [0.15, 0.2) is 5.69 Å². The van der Waals surface area contributed by atoms with Gasteiger partial charge in [0, 0.05) is 31.3 Å². The van der Waals surface area contributed by atoms with E-state index >= 15 is 0 Å². The van der Waals surface area contributed by atoms with E-state index in [2.05, 4.69) is 26.1 Å². The third kappa shape index (κ3) is 5.38. The molecular formula is C18H26N6O4. The Bertz CT molecular complexity index is 733. The summed E-state index contributed by atoms with van der Waals surface area (Å²) in [7, 11) is 0. The predicted octanol–water partition coefficient (Wildman–Crippen LogP) is 0.776. The SMILES string of the molecule is CCCO[C@H]1C[C@@H](C(=O)NCCn2ccnn2)CC[C@@H]1NC(=O)c1ccon1. The molecule has 3 rings (SSSR count). The van der Waals surface area contributed by atoms with E-state index in [1.165, 1.54) is 12.3 Å². The zero-order valence-corrected chi connectivity index (χ0v) is 15.9. The summed E-state index contributed by atoms with van der Waals surface area (Å²) >= 11 is 0. The monoisotopic (exact) mass is 390 g/mol. The van der Waals surface area contributed by atoms with Gasteiger partial charge in [-0.05, 0) is 25.7 Å². The van der Waals surface area contributed by atoms with Crippen molar-refractivity contribution in [1.29, 1.82) is 0 Å². The van der Waals surface area contributed by atoms with E-state index in [0.29, 0.717) is 39.0 Å². The highest BCUT2D eigenvalue weighted by Crippen LogP contribution is 2.27. The summed E-state index contributed by atoms with van der Waals surface area (Å²) in [5, 5.41) is 17.2. The highest BCUT2D eigenvalue weighted by Gasteiger charge is 2.35. The molecule has 1 aliphatic rings. The summed E-state index contributed by atoms with van der Waals surface area (Å²) in [6.07, 6.45) is 7.30. The lowest BCUT2D eigenvalue weighted by atomic mass is 9.83. The Morgan fingerprint density at radius 3 is 3.00 bits per heavy atom. The molecule has 2 aromatic rings. The molecule has 2 heterocycles. The van der Waals surface area contributed by atoms with Crippen LogP contribution >= 0.6 is 0 Å². The van der Waals surface area contributed by atoms with Crippen LogP contribution < -0.4 is 10.6 Å². The van der Waals surface area contributed by atoms with Gasteiger partial charge in [-0.2, -0.15) is 0 Å². The molecule has 0 unspecified atom stereocenters. The first kappa shape index (κ1) is 20.0. The van der Waals surface area contributed by atoms with Gasteiger partial charge in [0.05, 0.1) is 24.9 Å². The van der Waals surface area contributed by atoms with Crippen LogP contribution in [0.15, 0.2) is 29.2 Å². The van der Waals surface area contributed by atoms with Crippen LogP contribution in [0.2, 0.25) is 0 Å². The van der Waals surface area contributed by atoms with Gasteiger partial charge in [-0.25, -0.2) is 0 Å². The molecule has 2 amide bonds. The highest BCUT2D eigenvalue weighted by molar-refractivity contribution is 5.92. The maximum absolute atomic E-state index is 12.5. The van der Waals surface area contributed by atoms with Crippen LogP contribution in [0.1, 0.15) is 43.1 Å². The van der Waals surface area contributed by atoms with Crippen LogP contribution in [-0.2, 0) is 16.1 Å². The normalized spacial score (nSPS) is 22.0. The quantitative estimate of drug-likeness (QED) is 0.648. The van der Waals surface area contributed by atoms with Crippen LogP contribution in [0.4, 0.5) is 0 Å². The molecule has 10 heteroatoms. The van der Waals surface area contributed by atoms with Crippen molar-refractivity contribution in [2.24, 2.45) is 5.92 Å². The number of carbonyl (C=O) groups is 2. The molecule has 28 heavy (non-hydrogen) atoms. The van der Waals surface area contributed by atoms with Crippen LogP contribution in [0.25, 0.3) is 0 Å².